The molecule has 0 aliphatic rings. The highest BCUT2D eigenvalue weighted by atomic mass is 79.9. The van der Waals surface area contributed by atoms with E-state index in [1.807, 2.05) is 22.9 Å². The summed E-state index contributed by atoms with van der Waals surface area (Å²) in [5.74, 6) is 0. The number of hydrogen-bond donors (Lipinski definition) is 1. The third-order valence-corrected chi connectivity index (χ3v) is 4.20. The first-order chi connectivity index (χ1) is 9.13. The van der Waals surface area contributed by atoms with E-state index in [9.17, 15) is 0 Å². The second kappa shape index (κ2) is 6.44. The Morgan fingerprint density at radius 2 is 2.11 bits per heavy atom. The maximum absolute atomic E-state index is 6.08. The van der Waals surface area contributed by atoms with E-state index in [4.69, 9.17) is 11.6 Å². The summed E-state index contributed by atoms with van der Waals surface area (Å²) in [6, 6.07) is 8.01. The largest absolute Gasteiger partial charge is 0.379 e. The van der Waals surface area contributed by atoms with Crippen LogP contribution in [0, 0.1) is 0 Å². The highest BCUT2D eigenvalue weighted by Crippen LogP contribution is 2.25. The lowest BCUT2D eigenvalue weighted by molar-refractivity contribution is 0.619. The molecule has 19 heavy (non-hydrogen) atoms. The van der Waals surface area contributed by atoms with Crippen molar-refractivity contribution in [2.45, 2.75) is 33.4 Å². The smallest absolute Gasteiger partial charge is 0.0625 e. The zero-order chi connectivity index (χ0) is 13.8. The van der Waals surface area contributed by atoms with E-state index in [1.54, 1.807) is 0 Å². The van der Waals surface area contributed by atoms with Gasteiger partial charge in [0.1, 0.15) is 0 Å². The number of nitrogens with zero attached hydrogens (tertiary/aromatic N) is 2. The van der Waals surface area contributed by atoms with Crippen molar-refractivity contribution in [2.75, 3.05) is 5.32 Å². The SMILES string of the molecule is CCc1cc(CNc2ccc(Br)c(Cl)c2)n(CC)n1. The lowest BCUT2D eigenvalue weighted by Gasteiger charge is -2.08. The normalized spacial score (nSPS) is 10.7. The van der Waals surface area contributed by atoms with Gasteiger partial charge in [-0.25, -0.2) is 0 Å². The number of hydrogen-bond acceptors (Lipinski definition) is 2. The van der Waals surface area contributed by atoms with E-state index < -0.39 is 0 Å². The zero-order valence-corrected chi connectivity index (χ0v) is 13.4. The molecule has 2 rings (SSSR count). The maximum atomic E-state index is 6.08. The van der Waals surface area contributed by atoms with Crippen molar-refractivity contribution in [3.05, 3.63) is 45.1 Å². The fourth-order valence-electron chi connectivity index (χ4n) is 1.90. The van der Waals surface area contributed by atoms with Crippen LogP contribution in [0.25, 0.3) is 0 Å². The summed E-state index contributed by atoms with van der Waals surface area (Å²) in [7, 11) is 0. The van der Waals surface area contributed by atoms with Gasteiger partial charge in [-0.3, -0.25) is 4.68 Å². The predicted octanol–water partition coefficient (Wildman–Crippen LogP) is 4.49. The number of aromatic nitrogens is 2. The van der Waals surface area contributed by atoms with Crippen LogP contribution < -0.4 is 5.32 Å². The lowest BCUT2D eigenvalue weighted by Crippen LogP contribution is -2.07. The number of halogens is 2. The highest BCUT2D eigenvalue weighted by Gasteiger charge is 2.06. The molecular formula is C14H17BrClN3. The molecule has 102 valence electrons. The fraction of sp³-hybridized carbons (Fsp3) is 0.357. The highest BCUT2D eigenvalue weighted by molar-refractivity contribution is 9.10. The molecule has 0 amide bonds. The van der Waals surface area contributed by atoms with Crippen molar-refractivity contribution in [1.29, 1.82) is 0 Å². The van der Waals surface area contributed by atoms with Crippen molar-refractivity contribution < 1.29 is 0 Å². The number of anilines is 1. The van der Waals surface area contributed by atoms with E-state index in [0.29, 0.717) is 5.02 Å². The minimum Gasteiger partial charge on any atom is -0.379 e. The van der Waals surface area contributed by atoms with Crippen LogP contribution >= 0.6 is 27.5 Å². The van der Waals surface area contributed by atoms with Crippen molar-refractivity contribution in [1.82, 2.24) is 9.78 Å². The van der Waals surface area contributed by atoms with Gasteiger partial charge in [0.05, 0.1) is 23.0 Å². The third-order valence-electron chi connectivity index (χ3n) is 2.97. The second-order valence-corrected chi connectivity index (χ2v) is 5.54. The minimum absolute atomic E-state index is 0.711. The van der Waals surface area contributed by atoms with Gasteiger partial charge in [0, 0.05) is 16.7 Å². The first-order valence-electron chi connectivity index (χ1n) is 6.38. The van der Waals surface area contributed by atoms with E-state index in [0.717, 1.165) is 35.4 Å². The van der Waals surface area contributed by atoms with Crippen LogP contribution in [0.15, 0.2) is 28.7 Å². The Bertz CT molecular complexity index is 566. The Balaban J connectivity index is 2.09. The van der Waals surface area contributed by atoms with Gasteiger partial charge in [0.25, 0.3) is 0 Å². The van der Waals surface area contributed by atoms with Crippen molar-refractivity contribution in [3.8, 4) is 0 Å². The molecule has 0 atom stereocenters. The summed E-state index contributed by atoms with van der Waals surface area (Å²) in [5, 5.41) is 8.62. The van der Waals surface area contributed by atoms with Gasteiger partial charge < -0.3 is 5.32 Å². The van der Waals surface area contributed by atoms with Gasteiger partial charge in [-0.05, 0) is 53.5 Å². The topological polar surface area (TPSA) is 29.9 Å². The van der Waals surface area contributed by atoms with Crippen LogP contribution in [0.3, 0.4) is 0 Å². The van der Waals surface area contributed by atoms with Crippen LogP contribution in [0.5, 0.6) is 0 Å². The van der Waals surface area contributed by atoms with Crippen LogP contribution in [-0.2, 0) is 19.5 Å². The summed E-state index contributed by atoms with van der Waals surface area (Å²) in [6.45, 7) is 5.86. The molecule has 2 aromatic rings. The predicted molar refractivity (Wildman–Crippen MR) is 83.8 cm³/mol. The lowest BCUT2D eigenvalue weighted by atomic mass is 10.3. The summed E-state index contributed by atoms with van der Waals surface area (Å²) in [5.41, 5.74) is 3.33. The second-order valence-electron chi connectivity index (χ2n) is 4.28. The first kappa shape index (κ1) is 14.4. The Hall–Kier alpha value is -1.00. The van der Waals surface area contributed by atoms with E-state index in [2.05, 4.69) is 46.3 Å². The van der Waals surface area contributed by atoms with Gasteiger partial charge in [-0.15, -0.1) is 0 Å². The van der Waals surface area contributed by atoms with Crippen LogP contribution in [0.1, 0.15) is 25.2 Å². The van der Waals surface area contributed by atoms with Gasteiger partial charge in [-0.1, -0.05) is 18.5 Å². The Morgan fingerprint density at radius 3 is 2.74 bits per heavy atom. The summed E-state index contributed by atoms with van der Waals surface area (Å²) in [6.07, 6.45) is 0.962. The molecule has 0 bridgehead atoms. The Morgan fingerprint density at radius 1 is 1.32 bits per heavy atom. The third kappa shape index (κ3) is 3.51. The number of rotatable bonds is 5. The molecule has 5 heteroatoms. The minimum atomic E-state index is 0.711. The van der Waals surface area contributed by atoms with Crippen molar-refractivity contribution >= 4 is 33.2 Å². The summed E-state index contributed by atoms with van der Waals surface area (Å²) < 4.78 is 2.94. The van der Waals surface area contributed by atoms with Crippen LogP contribution in [0.4, 0.5) is 5.69 Å². The average molecular weight is 343 g/mol. The van der Waals surface area contributed by atoms with E-state index in [-0.39, 0.29) is 0 Å². The monoisotopic (exact) mass is 341 g/mol. The molecule has 3 nitrogen and oxygen atoms in total. The molecule has 1 aromatic heterocycles. The van der Waals surface area contributed by atoms with Gasteiger partial charge in [0.2, 0.25) is 0 Å². The molecule has 0 radical (unpaired) electrons. The van der Waals surface area contributed by atoms with E-state index in [1.165, 1.54) is 5.69 Å². The summed E-state index contributed by atoms with van der Waals surface area (Å²) in [4.78, 5) is 0. The molecule has 1 aromatic carbocycles. The van der Waals surface area contributed by atoms with Crippen LogP contribution in [0.2, 0.25) is 5.02 Å². The Labute approximate surface area is 127 Å². The Kier molecular flexibility index (Phi) is 4.88. The number of nitrogens with one attached hydrogen (secondary N) is 1. The van der Waals surface area contributed by atoms with Crippen LogP contribution in [-0.4, -0.2) is 9.78 Å². The van der Waals surface area contributed by atoms with E-state index >= 15 is 0 Å². The number of aryl methyl sites for hydroxylation is 2. The van der Waals surface area contributed by atoms with Gasteiger partial charge in [-0.2, -0.15) is 5.10 Å². The molecule has 1 heterocycles. The first-order valence-corrected chi connectivity index (χ1v) is 7.55. The number of benzene rings is 1. The van der Waals surface area contributed by atoms with Gasteiger partial charge >= 0.3 is 0 Å². The quantitative estimate of drug-likeness (QED) is 0.867. The molecular weight excluding hydrogens is 326 g/mol. The van der Waals surface area contributed by atoms with Crippen molar-refractivity contribution in [2.24, 2.45) is 0 Å². The molecule has 1 N–H and O–H groups in total. The molecule has 0 fully saturated rings. The molecule has 0 aliphatic heterocycles. The molecule has 0 saturated heterocycles. The average Bonchev–Trinajstić information content (AvgIpc) is 2.82. The maximum Gasteiger partial charge on any atom is 0.0625 e. The molecule has 0 aliphatic carbocycles. The fourth-order valence-corrected chi connectivity index (χ4v) is 2.33. The summed E-state index contributed by atoms with van der Waals surface area (Å²) >= 11 is 9.46. The molecule has 0 spiro atoms. The van der Waals surface area contributed by atoms with Crippen molar-refractivity contribution in [3.63, 3.8) is 0 Å². The molecule has 0 saturated carbocycles. The zero-order valence-electron chi connectivity index (χ0n) is 11.1. The van der Waals surface area contributed by atoms with Gasteiger partial charge in [0.15, 0.2) is 0 Å². The standard InChI is InChI=1S/C14H17BrClN3/c1-3-10-7-12(19(4-2)18-10)9-17-11-5-6-13(15)14(16)8-11/h5-8,17H,3-4,9H2,1-2H3. The molecule has 0 unspecified atom stereocenters.